The van der Waals surface area contributed by atoms with Crippen molar-refractivity contribution in [1.29, 1.82) is 0 Å². The van der Waals surface area contributed by atoms with Crippen molar-refractivity contribution in [2.45, 2.75) is 6.18 Å². The summed E-state index contributed by atoms with van der Waals surface area (Å²) in [5.41, 5.74) is 1.51. The van der Waals surface area contributed by atoms with Crippen LogP contribution in [-0.4, -0.2) is 43.9 Å². The summed E-state index contributed by atoms with van der Waals surface area (Å²) < 4.78 is 52.9. The lowest BCUT2D eigenvalue weighted by Gasteiger charge is -2.13. The number of nitrogens with one attached hydrogen (secondary N) is 1. The molecule has 0 saturated heterocycles. The fraction of sp³-hybridized carbons (Fsp3) is 0.190. The highest BCUT2D eigenvalue weighted by Crippen LogP contribution is 2.33. The standard InChI is InChI=1S/C21H17F3N2O5/c1-29-14-6-3-12(4-7-14)17-10-18(31-11-19(27)30-2)15-9-13(5-8-16(15)26-17)25-20(28)21(22,23)24/h3-10H,11H2,1-2H3,(H,25,28). The van der Waals surface area contributed by atoms with Gasteiger partial charge in [0, 0.05) is 22.7 Å². The van der Waals surface area contributed by atoms with Crippen molar-refractivity contribution < 1.29 is 37.0 Å². The molecule has 162 valence electrons. The minimum Gasteiger partial charge on any atom is -0.497 e. The van der Waals surface area contributed by atoms with Crippen LogP contribution in [0.3, 0.4) is 0 Å². The molecular weight excluding hydrogens is 417 g/mol. The molecule has 0 atom stereocenters. The van der Waals surface area contributed by atoms with Gasteiger partial charge in [0.1, 0.15) is 11.5 Å². The summed E-state index contributed by atoms with van der Waals surface area (Å²) in [6, 6.07) is 12.6. The molecule has 0 spiro atoms. The van der Waals surface area contributed by atoms with E-state index in [4.69, 9.17) is 9.47 Å². The molecule has 3 aromatic rings. The summed E-state index contributed by atoms with van der Waals surface area (Å²) in [6.45, 7) is -0.420. The van der Waals surface area contributed by atoms with Crippen LogP contribution in [0, 0.1) is 0 Å². The van der Waals surface area contributed by atoms with Crippen LogP contribution in [0.1, 0.15) is 0 Å². The summed E-state index contributed by atoms with van der Waals surface area (Å²) in [7, 11) is 2.74. The maximum Gasteiger partial charge on any atom is 0.471 e. The molecule has 0 radical (unpaired) electrons. The molecule has 1 amide bonds. The molecule has 3 rings (SSSR count). The molecule has 7 nitrogen and oxygen atoms in total. The van der Waals surface area contributed by atoms with Crippen LogP contribution < -0.4 is 14.8 Å². The number of hydrogen-bond acceptors (Lipinski definition) is 6. The molecule has 1 heterocycles. The highest BCUT2D eigenvalue weighted by atomic mass is 19.4. The number of carbonyl (C=O) groups is 2. The molecule has 0 bridgehead atoms. The van der Waals surface area contributed by atoms with E-state index in [0.29, 0.717) is 22.3 Å². The molecular formula is C21H17F3N2O5. The van der Waals surface area contributed by atoms with E-state index in [2.05, 4.69) is 9.72 Å². The van der Waals surface area contributed by atoms with Gasteiger partial charge in [0.25, 0.3) is 0 Å². The number of ether oxygens (including phenoxy) is 3. The Morgan fingerprint density at radius 2 is 1.74 bits per heavy atom. The lowest BCUT2D eigenvalue weighted by atomic mass is 10.1. The highest BCUT2D eigenvalue weighted by molar-refractivity contribution is 5.98. The summed E-state index contributed by atoms with van der Waals surface area (Å²) in [5.74, 6) is -1.91. The van der Waals surface area contributed by atoms with Crippen LogP contribution in [-0.2, 0) is 14.3 Å². The molecule has 0 unspecified atom stereocenters. The van der Waals surface area contributed by atoms with Crippen molar-refractivity contribution >= 4 is 28.5 Å². The summed E-state index contributed by atoms with van der Waals surface area (Å²) in [5, 5.41) is 2.09. The van der Waals surface area contributed by atoms with Gasteiger partial charge in [-0.05, 0) is 42.5 Å². The van der Waals surface area contributed by atoms with Crippen LogP contribution in [0.15, 0.2) is 48.5 Å². The van der Waals surface area contributed by atoms with E-state index in [-0.39, 0.29) is 11.4 Å². The number of fused-ring (bicyclic) bond motifs is 1. The fourth-order valence-electron chi connectivity index (χ4n) is 2.70. The lowest BCUT2D eigenvalue weighted by Crippen LogP contribution is -2.29. The van der Waals surface area contributed by atoms with E-state index < -0.39 is 24.7 Å². The average Bonchev–Trinajstić information content (AvgIpc) is 2.76. The van der Waals surface area contributed by atoms with Gasteiger partial charge < -0.3 is 19.5 Å². The number of pyridine rings is 1. The zero-order chi connectivity index (χ0) is 22.6. The van der Waals surface area contributed by atoms with Gasteiger partial charge in [0.2, 0.25) is 0 Å². The van der Waals surface area contributed by atoms with Gasteiger partial charge in [-0.25, -0.2) is 9.78 Å². The number of nitrogens with zero attached hydrogens (tertiary/aromatic N) is 1. The summed E-state index contributed by atoms with van der Waals surface area (Å²) >= 11 is 0. The maximum absolute atomic E-state index is 12.6. The molecule has 2 aromatic carbocycles. The largest absolute Gasteiger partial charge is 0.497 e. The fourth-order valence-corrected chi connectivity index (χ4v) is 2.70. The second-order valence-electron chi connectivity index (χ2n) is 6.28. The van der Waals surface area contributed by atoms with Crippen LogP contribution in [0.5, 0.6) is 11.5 Å². The molecule has 1 N–H and O–H groups in total. The Labute approximate surface area is 174 Å². The number of rotatable bonds is 6. The van der Waals surface area contributed by atoms with Crippen molar-refractivity contribution in [3.63, 3.8) is 0 Å². The van der Waals surface area contributed by atoms with E-state index in [9.17, 15) is 22.8 Å². The lowest BCUT2D eigenvalue weighted by molar-refractivity contribution is -0.167. The number of alkyl halides is 3. The molecule has 0 aliphatic carbocycles. The minimum absolute atomic E-state index is 0.100. The predicted octanol–water partition coefficient (Wildman–Crippen LogP) is 3.96. The van der Waals surface area contributed by atoms with Crippen molar-refractivity contribution in [3.05, 3.63) is 48.5 Å². The Kier molecular flexibility index (Phi) is 6.28. The molecule has 0 saturated carbocycles. The minimum atomic E-state index is -5.03. The molecule has 0 aliphatic rings. The van der Waals surface area contributed by atoms with Crippen LogP contribution in [0.2, 0.25) is 0 Å². The molecule has 31 heavy (non-hydrogen) atoms. The maximum atomic E-state index is 12.6. The molecule has 1 aromatic heterocycles. The van der Waals surface area contributed by atoms with E-state index >= 15 is 0 Å². The van der Waals surface area contributed by atoms with Crippen molar-refractivity contribution in [2.75, 3.05) is 26.1 Å². The second kappa shape index (κ2) is 8.90. The normalized spacial score (nSPS) is 11.1. The molecule has 0 aliphatic heterocycles. The van der Waals surface area contributed by atoms with Gasteiger partial charge in [0.05, 0.1) is 25.4 Å². The first-order chi connectivity index (χ1) is 14.7. The number of anilines is 1. The third-order valence-corrected chi connectivity index (χ3v) is 4.25. The Morgan fingerprint density at radius 3 is 2.35 bits per heavy atom. The quantitative estimate of drug-likeness (QED) is 0.591. The third-order valence-electron chi connectivity index (χ3n) is 4.25. The number of halogens is 3. The Balaban J connectivity index is 2.04. The monoisotopic (exact) mass is 434 g/mol. The number of aromatic nitrogens is 1. The Morgan fingerprint density at radius 1 is 1.03 bits per heavy atom. The first-order valence-corrected chi connectivity index (χ1v) is 8.88. The van der Waals surface area contributed by atoms with Gasteiger partial charge in [-0.15, -0.1) is 0 Å². The first-order valence-electron chi connectivity index (χ1n) is 8.88. The van der Waals surface area contributed by atoms with Crippen LogP contribution in [0.25, 0.3) is 22.2 Å². The van der Waals surface area contributed by atoms with Gasteiger partial charge in [-0.1, -0.05) is 0 Å². The second-order valence-corrected chi connectivity index (χ2v) is 6.28. The SMILES string of the molecule is COC(=O)COc1cc(-c2ccc(OC)cc2)nc2ccc(NC(=O)C(F)(F)F)cc12. The van der Waals surface area contributed by atoms with Gasteiger partial charge in [-0.2, -0.15) is 13.2 Å². The van der Waals surface area contributed by atoms with Gasteiger partial charge >= 0.3 is 18.1 Å². The number of carbonyl (C=O) groups excluding carboxylic acids is 2. The summed E-state index contributed by atoms with van der Waals surface area (Å²) in [6.07, 6.45) is -5.03. The summed E-state index contributed by atoms with van der Waals surface area (Å²) in [4.78, 5) is 27.3. The Hall–Kier alpha value is -3.82. The predicted molar refractivity (Wildman–Crippen MR) is 106 cm³/mol. The number of esters is 1. The highest BCUT2D eigenvalue weighted by Gasteiger charge is 2.38. The first kappa shape index (κ1) is 21.9. The van der Waals surface area contributed by atoms with E-state index in [1.54, 1.807) is 35.6 Å². The van der Waals surface area contributed by atoms with Crippen molar-refractivity contribution in [1.82, 2.24) is 4.98 Å². The zero-order valence-corrected chi connectivity index (χ0v) is 16.4. The van der Waals surface area contributed by atoms with Crippen LogP contribution >= 0.6 is 0 Å². The van der Waals surface area contributed by atoms with Crippen molar-refractivity contribution in [2.24, 2.45) is 0 Å². The topological polar surface area (TPSA) is 86.8 Å². The molecule has 10 heteroatoms. The van der Waals surface area contributed by atoms with E-state index in [0.717, 1.165) is 5.56 Å². The van der Waals surface area contributed by atoms with Gasteiger partial charge in [0.15, 0.2) is 6.61 Å². The third kappa shape index (κ3) is 5.21. The number of amides is 1. The smallest absolute Gasteiger partial charge is 0.471 e. The van der Waals surface area contributed by atoms with Crippen molar-refractivity contribution in [3.8, 4) is 22.8 Å². The number of methoxy groups -OCH3 is 2. The number of hydrogen-bond donors (Lipinski definition) is 1. The van der Waals surface area contributed by atoms with E-state index in [1.165, 1.54) is 32.4 Å². The number of benzene rings is 2. The zero-order valence-electron chi connectivity index (χ0n) is 16.4. The van der Waals surface area contributed by atoms with Crippen LogP contribution in [0.4, 0.5) is 18.9 Å². The van der Waals surface area contributed by atoms with E-state index in [1.807, 2.05) is 0 Å². The Bertz CT molecular complexity index is 1110. The van der Waals surface area contributed by atoms with Gasteiger partial charge in [-0.3, -0.25) is 4.79 Å². The average molecular weight is 434 g/mol. The molecule has 0 fully saturated rings.